The van der Waals surface area contributed by atoms with Gasteiger partial charge in [0.05, 0.1) is 5.56 Å². The van der Waals surface area contributed by atoms with E-state index in [-0.39, 0.29) is 23.9 Å². The van der Waals surface area contributed by atoms with Crippen molar-refractivity contribution in [3.05, 3.63) is 41.2 Å². The van der Waals surface area contributed by atoms with Crippen LogP contribution in [0.25, 0.3) is 0 Å². The first-order chi connectivity index (χ1) is 16.3. The van der Waals surface area contributed by atoms with E-state index in [4.69, 9.17) is 4.98 Å². The van der Waals surface area contributed by atoms with E-state index in [9.17, 15) is 18.0 Å². The van der Waals surface area contributed by atoms with Gasteiger partial charge >= 0.3 is 6.18 Å². The Labute approximate surface area is 197 Å². The van der Waals surface area contributed by atoms with Crippen molar-refractivity contribution in [3.63, 3.8) is 0 Å². The molecule has 2 heterocycles. The summed E-state index contributed by atoms with van der Waals surface area (Å²) in [7, 11) is 1.79. The van der Waals surface area contributed by atoms with Gasteiger partial charge in [0, 0.05) is 38.5 Å². The fraction of sp³-hybridized carbons (Fsp3) is 0.583. The van der Waals surface area contributed by atoms with E-state index in [1.54, 1.807) is 13.1 Å². The summed E-state index contributed by atoms with van der Waals surface area (Å²) < 4.78 is 39.6. The number of alkyl halides is 3. The largest absolute Gasteiger partial charge is 0.416 e. The molecule has 0 unspecified atom stereocenters. The number of hydrogen-bond donors (Lipinski definition) is 2. The normalized spacial score (nSPS) is 18.1. The Morgan fingerprint density at radius 1 is 1.03 bits per heavy atom. The Morgan fingerprint density at radius 3 is 2.41 bits per heavy atom. The molecule has 0 radical (unpaired) electrons. The van der Waals surface area contributed by atoms with Crippen molar-refractivity contribution in [1.82, 2.24) is 20.3 Å². The fourth-order valence-electron chi connectivity index (χ4n) is 4.80. The maximum atomic E-state index is 13.2. The molecule has 10 heteroatoms. The van der Waals surface area contributed by atoms with Crippen molar-refractivity contribution in [2.24, 2.45) is 5.92 Å². The minimum absolute atomic E-state index is 0.0702. The Morgan fingerprint density at radius 2 is 1.74 bits per heavy atom. The van der Waals surface area contributed by atoms with Crippen molar-refractivity contribution in [3.8, 4) is 0 Å². The second kappa shape index (κ2) is 10.6. The third-order valence-electron chi connectivity index (χ3n) is 6.76. The zero-order valence-corrected chi connectivity index (χ0v) is 19.4. The molecule has 2 fully saturated rings. The highest BCUT2D eigenvalue weighted by molar-refractivity contribution is 5.79. The lowest BCUT2D eigenvalue weighted by Gasteiger charge is -2.32. The number of rotatable bonds is 6. The molecule has 0 bridgehead atoms. The lowest BCUT2D eigenvalue weighted by molar-refractivity contribution is -0.138. The van der Waals surface area contributed by atoms with E-state index >= 15 is 0 Å². The van der Waals surface area contributed by atoms with Crippen LogP contribution >= 0.6 is 0 Å². The number of carbonyl (C=O) groups is 1. The van der Waals surface area contributed by atoms with Crippen LogP contribution in [0.15, 0.2) is 24.3 Å². The highest BCUT2D eigenvalue weighted by Crippen LogP contribution is 2.33. The number of benzene rings is 1. The maximum absolute atomic E-state index is 13.2. The van der Waals surface area contributed by atoms with Gasteiger partial charge in [0.1, 0.15) is 5.82 Å². The molecule has 4 rings (SSSR count). The minimum Gasteiger partial charge on any atom is -0.357 e. The first kappa shape index (κ1) is 24.2. The van der Waals surface area contributed by atoms with Crippen molar-refractivity contribution < 1.29 is 18.0 Å². The monoisotopic (exact) mass is 476 g/mol. The number of hydrogen-bond acceptors (Lipinski definition) is 6. The minimum atomic E-state index is -4.44. The van der Waals surface area contributed by atoms with E-state index < -0.39 is 11.7 Å². The van der Waals surface area contributed by atoms with Gasteiger partial charge in [-0.3, -0.25) is 4.79 Å². The topological polar surface area (TPSA) is 83.0 Å². The van der Waals surface area contributed by atoms with Crippen LogP contribution in [0.1, 0.15) is 67.8 Å². The average Bonchev–Trinajstić information content (AvgIpc) is 2.87. The Kier molecular flexibility index (Phi) is 7.53. The maximum Gasteiger partial charge on any atom is 0.416 e. The molecule has 2 aromatic rings. The number of anilines is 2. The molecule has 34 heavy (non-hydrogen) atoms. The SMILES string of the molecule is CNc1nc(C2CCCCC2)nc(N2CCC(C(=O)NCc3ccccc3C(F)(F)F)CC2)n1. The summed E-state index contributed by atoms with van der Waals surface area (Å²) in [5.74, 6) is 1.89. The molecular weight excluding hydrogens is 445 g/mol. The van der Waals surface area contributed by atoms with E-state index in [0.29, 0.717) is 43.7 Å². The van der Waals surface area contributed by atoms with Crippen molar-refractivity contribution in [2.45, 2.75) is 63.6 Å². The Balaban J connectivity index is 1.36. The van der Waals surface area contributed by atoms with Crippen molar-refractivity contribution in [2.75, 3.05) is 30.4 Å². The zero-order chi connectivity index (χ0) is 24.1. The molecule has 2 N–H and O–H groups in total. The quantitative estimate of drug-likeness (QED) is 0.638. The molecule has 1 amide bonds. The number of nitrogens with zero attached hydrogens (tertiary/aromatic N) is 4. The summed E-state index contributed by atoms with van der Waals surface area (Å²) >= 11 is 0. The van der Waals surface area contributed by atoms with Crippen LogP contribution in [0.2, 0.25) is 0 Å². The van der Waals surface area contributed by atoms with Gasteiger partial charge in [-0.25, -0.2) is 0 Å². The smallest absolute Gasteiger partial charge is 0.357 e. The van der Waals surface area contributed by atoms with Gasteiger partial charge < -0.3 is 15.5 Å². The molecular formula is C24H31F3N6O. The summed E-state index contributed by atoms with van der Waals surface area (Å²) in [5.41, 5.74) is -0.644. The summed E-state index contributed by atoms with van der Waals surface area (Å²) in [6.45, 7) is 1.07. The summed E-state index contributed by atoms with van der Waals surface area (Å²) in [6.07, 6.45) is 2.55. The van der Waals surface area contributed by atoms with Crippen LogP contribution in [0.3, 0.4) is 0 Å². The molecule has 2 aliphatic rings. The molecule has 1 saturated carbocycles. The van der Waals surface area contributed by atoms with Gasteiger partial charge in [0.15, 0.2) is 0 Å². The predicted molar refractivity (Wildman–Crippen MR) is 123 cm³/mol. The fourth-order valence-corrected chi connectivity index (χ4v) is 4.80. The van der Waals surface area contributed by atoms with Gasteiger partial charge in [-0.05, 0) is 37.3 Å². The van der Waals surface area contributed by atoms with E-state index in [2.05, 4.69) is 25.5 Å². The summed E-state index contributed by atoms with van der Waals surface area (Å²) in [4.78, 5) is 28.6. The zero-order valence-electron chi connectivity index (χ0n) is 19.4. The first-order valence-electron chi connectivity index (χ1n) is 12.0. The van der Waals surface area contributed by atoms with Crippen LogP contribution < -0.4 is 15.5 Å². The summed E-state index contributed by atoms with van der Waals surface area (Å²) in [5, 5.41) is 5.72. The van der Waals surface area contributed by atoms with Crippen LogP contribution in [0, 0.1) is 5.92 Å². The van der Waals surface area contributed by atoms with Gasteiger partial charge in [0.2, 0.25) is 17.8 Å². The Bertz CT molecular complexity index is 985. The van der Waals surface area contributed by atoms with Gasteiger partial charge in [-0.15, -0.1) is 0 Å². The first-order valence-corrected chi connectivity index (χ1v) is 12.0. The highest BCUT2D eigenvalue weighted by atomic mass is 19.4. The van der Waals surface area contributed by atoms with Crippen molar-refractivity contribution in [1.29, 1.82) is 0 Å². The van der Waals surface area contributed by atoms with Crippen molar-refractivity contribution >= 4 is 17.8 Å². The average molecular weight is 477 g/mol. The molecule has 1 saturated heterocycles. The standard InChI is InChI=1S/C24H31F3N6O/c1-28-22-30-20(16-7-3-2-4-8-16)31-23(32-22)33-13-11-17(12-14-33)21(34)29-15-18-9-5-6-10-19(18)24(25,26)27/h5-6,9-10,16-17H,2-4,7-8,11-15H2,1H3,(H,29,34)(H,28,30,31,32). The molecule has 0 spiro atoms. The van der Waals surface area contributed by atoms with Crippen LogP contribution in [-0.4, -0.2) is 41.0 Å². The van der Waals surface area contributed by atoms with Gasteiger partial charge in [0.25, 0.3) is 0 Å². The number of carbonyl (C=O) groups excluding carboxylic acids is 1. The third-order valence-corrected chi connectivity index (χ3v) is 6.76. The van der Waals surface area contributed by atoms with Gasteiger partial charge in [-0.2, -0.15) is 28.1 Å². The highest BCUT2D eigenvalue weighted by Gasteiger charge is 2.33. The Hall–Kier alpha value is -2.91. The molecule has 1 aliphatic carbocycles. The second-order valence-corrected chi connectivity index (χ2v) is 9.04. The second-order valence-electron chi connectivity index (χ2n) is 9.04. The number of piperidine rings is 1. The molecule has 184 valence electrons. The third kappa shape index (κ3) is 5.77. The van der Waals surface area contributed by atoms with E-state index in [0.717, 1.165) is 24.7 Å². The van der Waals surface area contributed by atoms with Crippen LogP contribution in [0.5, 0.6) is 0 Å². The molecule has 1 aromatic heterocycles. The lowest BCUT2D eigenvalue weighted by atomic mass is 9.89. The molecule has 1 aromatic carbocycles. The predicted octanol–water partition coefficient (Wildman–Crippen LogP) is 4.51. The molecule has 7 nitrogen and oxygen atoms in total. The van der Waals surface area contributed by atoms with E-state index in [1.165, 1.54) is 31.4 Å². The summed E-state index contributed by atoms with van der Waals surface area (Å²) in [6, 6.07) is 5.33. The van der Waals surface area contributed by atoms with E-state index in [1.807, 2.05) is 0 Å². The number of nitrogens with one attached hydrogen (secondary N) is 2. The molecule has 1 aliphatic heterocycles. The molecule has 0 atom stereocenters. The van der Waals surface area contributed by atoms with Crippen LogP contribution in [0.4, 0.5) is 25.1 Å². The lowest BCUT2D eigenvalue weighted by Crippen LogP contribution is -2.41. The number of halogens is 3. The van der Waals surface area contributed by atoms with Gasteiger partial charge in [-0.1, -0.05) is 37.5 Å². The number of aromatic nitrogens is 3. The van der Waals surface area contributed by atoms with Crippen LogP contribution in [-0.2, 0) is 17.5 Å². The number of amides is 1.